The standard InChI is InChI=1S/C17H27N7O6/c1-8(18)14(26)23-11(3-4-13(19)25)16(28)22-9(2)15(27)24-12(17(29)30)5-10-6-20-7-21-10/h6-9,11-12H,3-5,18H2,1-2H3,(H2,19,25)(H,20,21)(H,22,28)(H,23,26)(H,24,27)(H,29,30). The van der Waals surface area contributed by atoms with Crippen molar-refractivity contribution in [3.05, 3.63) is 18.2 Å². The van der Waals surface area contributed by atoms with Crippen LogP contribution in [-0.4, -0.2) is 68.8 Å². The number of aliphatic carboxylic acids is 1. The van der Waals surface area contributed by atoms with Gasteiger partial charge in [0.05, 0.1) is 12.4 Å². The number of aromatic nitrogens is 2. The largest absolute Gasteiger partial charge is 0.480 e. The minimum atomic E-state index is -1.26. The smallest absolute Gasteiger partial charge is 0.326 e. The molecule has 4 atom stereocenters. The Balaban J connectivity index is 2.74. The molecule has 0 radical (unpaired) electrons. The molecule has 0 aliphatic heterocycles. The van der Waals surface area contributed by atoms with E-state index in [1.165, 1.54) is 26.4 Å². The maximum atomic E-state index is 12.5. The summed E-state index contributed by atoms with van der Waals surface area (Å²) in [6.07, 6.45) is 2.50. The first-order valence-corrected chi connectivity index (χ1v) is 9.16. The highest BCUT2D eigenvalue weighted by Crippen LogP contribution is 2.02. The van der Waals surface area contributed by atoms with E-state index in [9.17, 15) is 29.1 Å². The van der Waals surface area contributed by atoms with E-state index in [-0.39, 0.29) is 19.3 Å². The van der Waals surface area contributed by atoms with E-state index in [1.807, 2.05) is 0 Å². The number of carbonyl (C=O) groups is 5. The van der Waals surface area contributed by atoms with E-state index in [1.54, 1.807) is 0 Å². The van der Waals surface area contributed by atoms with Crippen molar-refractivity contribution in [1.82, 2.24) is 25.9 Å². The summed E-state index contributed by atoms with van der Waals surface area (Å²) < 4.78 is 0. The predicted octanol–water partition coefficient (Wildman–Crippen LogP) is -2.88. The number of nitrogens with two attached hydrogens (primary N) is 2. The van der Waals surface area contributed by atoms with E-state index in [2.05, 4.69) is 25.9 Å². The maximum Gasteiger partial charge on any atom is 0.326 e. The summed E-state index contributed by atoms with van der Waals surface area (Å²) in [6.45, 7) is 2.76. The Morgan fingerprint density at radius 3 is 2.20 bits per heavy atom. The summed E-state index contributed by atoms with van der Waals surface area (Å²) in [5, 5.41) is 16.4. The first kappa shape index (κ1) is 24.6. The molecule has 0 saturated heterocycles. The third-order valence-corrected chi connectivity index (χ3v) is 4.07. The highest BCUT2D eigenvalue weighted by Gasteiger charge is 2.28. The molecular formula is C17H27N7O6. The molecule has 4 unspecified atom stereocenters. The quantitative estimate of drug-likeness (QED) is 0.184. The van der Waals surface area contributed by atoms with Crippen LogP contribution in [0.1, 0.15) is 32.4 Å². The van der Waals surface area contributed by atoms with Crippen LogP contribution in [-0.2, 0) is 30.4 Å². The lowest BCUT2D eigenvalue weighted by Gasteiger charge is -2.22. The van der Waals surface area contributed by atoms with Gasteiger partial charge in [-0.05, 0) is 20.3 Å². The van der Waals surface area contributed by atoms with Crippen molar-refractivity contribution < 1.29 is 29.1 Å². The number of imidazole rings is 1. The molecule has 0 fully saturated rings. The van der Waals surface area contributed by atoms with Gasteiger partial charge in [-0.1, -0.05) is 0 Å². The molecule has 1 heterocycles. The van der Waals surface area contributed by atoms with Gasteiger partial charge in [-0.25, -0.2) is 9.78 Å². The highest BCUT2D eigenvalue weighted by molar-refractivity contribution is 5.94. The Morgan fingerprint density at radius 1 is 1.07 bits per heavy atom. The molecule has 4 amide bonds. The van der Waals surface area contributed by atoms with Gasteiger partial charge in [-0.2, -0.15) is 0 Å². The summed E-state index contributed by atoms with van der Waals surface area (Å²) in [7, 11) is 0. The molecule has 0 aliphatic rings. The SMILES string of the molecule is CC(N)C(=O)NC(CCC(N)=O)C(=O)NC(C)C(=O)NC(Cc1cnc[nH]1)C(=O)O. The first-order valence-electron chi connectivity index (χ1n) is 9.16. The fourth-order valence-corrected chi connectivity index (χ4v) is 2.35. The third kappa shape index (κ3) is 8.26. The molecule has 13 nitrogen and oxygen atoms in total. The number of H-pyrrole nitrogens is 1. The molecule has 1 aromatic rings. The molecule has 0 aliphatic carbocycles. The number of hydrogen-bond donors (Lipinski definition) is 7. The van der Waals surface area contributed by atoms with Gasteiger partial charge in [0.2, 0.25) is 23.6 Å². The zero-order valence-corrected chi connectivity index (χ0v) is 16.7. The van der Waals surface area contributed by atoms with Crippen LogP contribution in [0.4, 0.5) is 0 Å². The first-order chi connectivity index (χ1) is 14.0. The molecule has 0 aromatic carbocycles. The van der Waals surface area contributed by atoms with Gasteiger partial charge in [0.1, 0.15) is 18.1 Å². The molecule has 0 bridgehead atoms. The molecule has 1 rings (SSSR count). The highest BCUT2D eigenvalue weighted by atomic mass is 16.4. The topological polar surface area (TPSA) is 222 Å². The number of primary amides is 1. The number of carboxylic acid groups (broad SMARTS) is 1. The van der Waals surface area contributed by atoms with Gasteiger partial charge in [-0.15, -0.1) is 0 Å². The van der Waals surface area contributed by atoms with E-state index in [0.29, 0.717) is 5.69 Å². The molecule has 0 saturated carbocycles. The van der Waals surface area contributed by atoms with Crippen LogP contribution < -0.4 is 27.4 Å². The lowest BCUT2D eigenvalue weighted by Crippen LogP contribution is -2.56. The number of amides is 4. The summed E-state index contributed by atoms with van der Waals surface area (Å²) in [4.78, 5) is 65.6. The molecule has 13 heteroatoms. The summed E-state index contributed by atoms with van der Waals surface area (Å²) in [5.41, 5.74) is 11.1. The van der Waals surface area contributed by atoms with Crippen molar-refractivity contribution in [2.75, 3.05) is 0 Å². The summed E-state index contributed by atoms with van der Waals surface area (Å²) in [5.74, 6) is -4.05. The average molecular weight is 425 g/mol. The van der Waals surface area contributed by atoms with Crippen molar-refractivity contribution in [2.45, 2.75) is 57.3 Å². The van der Waals surface area contributed by atoms with Gasteiger partial charge < -0.3 is 37.5 Å². The van der Waals surface area contributed by atoms with Gasteiger partial charge in [0.25, 0.3) is 0 Å². The fourth-order valence-electron chi connectivity index (χ4n) is 2.35. The Kier molecular flexibility index (Phi) is 9.42. The molecular weight excluding hydrogens is 398 g/mol. The van der Waals surface area contributed by atoms with Crippen LogP contribution in [0.3, 0.4) is 0 Å². The van der Waals surface area contributed by atoms with Gasteiger partial charge in [0.15, 0.2) is 0 Å². The second-order valence-electron chi connectivity index (χ2n) is 6.77. The number of rotatable bonds is 12. The van der Waals surface area contributed by atoms with Gasteiger partial charge >= 0.3 is 5.97 Å². The Bertz CT molecular complexity index is 765. The van der Waals surface area contributed by atoms with E-state index < -0.39 is 53.8 Å². The van der Waals surface area contributed by atoms with Crippen molar-refractivity contribution in [2.24, 2.45) is 11.5 Å². The number of hydrogen-bond acceptors (Lipinski definition) is 7. The van der Waals surface area contributed by atoms with Crippen LogP contribution in [0.15, 0.2) is 12.5 Å². The van der Waals surface area contributed by atoms with Crippen molar-refractivity contribution in [1.29, 1.82) is 0 Å². The van der Waals surface area contributed by atoms with Crippen LogP contribution >= 0.6 is 0 Å². The Labute approximate surface area is 172 Å². The second-order valence-corrected chi connectivity index (χ2v) is 6.77. The van der Waals surface area contributed by atoms with Crippen LogP contribution in [0, 0.1) is 0 Å². The van der Waals surface area contributed by atoms with Gasteiger partial charge in [-0.3, -0.25) is 19.2 Å². The van der Waals surface area contributed by atoms with Crippen LogP contribution in [0.2, 0.25) is 0 Å². The van der Waals surface area contributed by atoms with Crippen LogP contribution in [0.5, 0.6) is 0 Å². The van der Waals surface area contributed by atoms with Crippen molar-refractivity contribution in [3.63, 3.8) is 0 Å². The van der Waals surface area contributed by atoms with E-state index in [4.69, 9.17) is 11.5 Å². The molecule has 1 aromatic heterocycles. The molecule has 30 heavy (non-hydrogen) atoms. The van der Waals surface area contributed by atoms with E-state index in [0.717, 1.165) is 0 Å². The summed E-state index contributed by atoms with van der Waals surface area (Å²) >= 11 is 0. The van der Waals surface area contributed by atoms with E-state index >= 15 is 0 Å². The van der Waals surface area contributed by atoms with Crippen molar-refractivity contribution in [3.8, 4) is 0 Å². The zero-order chi connectivity index (χ0) is 22.8. The molecule has 0 spiro atoms. The lowest BCUT2D eigenvalue weighted by atomic mass is 10.1. The lowest BCUT2D eigenvalue weighted by molar-refractivity contribution is -0.142. The fraction of sp³-hybridized carbons (Fsp3) is 0.529. The Hall–Kier alpha value is -3.48. The molecule has 166 valence electrons. The summed E-state index contributed by atoms with van der Waals surface area (Å²) in [6, 6.07) is -4.41. The Morgan fingerprint density at radius 2 is 1.70 bits per heavy atom. The predicted molar refractivity (Wildman–Crippen MR) is 103 cm³/mol. The minimum Gasteiger partial charge on any atom is -0.480 e. The number of nitrogens with zero attached hydrogens (tertiary/aromatic N) is 1. The number of aromatic amines is 1. The monoisotopic (exact) mass is 425 g/mol. The number of carbonyl (C=O) groups excluding carboxylic acids is 4. The average Bonchev–Trinajstić information content (AvgIpc) is 3.16. The molecule has 9 N–H and O–H groups in total. The van der Waals surface area contributed by atoms with Crippen LogP contribution in [0.25, 0.3) is 0 Å². The zero-order valence-electron chi connectivity index (χ0n) is 16.7. The normalized spacial score (nSPS) is 14.6. The number of carboxylic acids is 1. The number of nitrogens with one attached hydrogen (secondary N) is 4. The van der Waals surface area contributed by atoms with Crippen molar-refractivity contribution >= 4 is 29.6 Å². The minimum absolute atomic E-state index is 0.0343. The maximum absolute atomic E-state index is 12.5. The van der Waals surface area contributed by atoms with Gasteiger partial charge in [0, 0.05) is 24.7 Å². The third-order valence-electron chi connectivity index (χ3n) is 4.07. The second kappa shape index (κ2) is 11.5.